The molecular formula is C21H23ClN6O. The van der Waals surface area contributed by atoms with Crippen LogP contribution in [0.3, 0.4) is 0 Å². The van der Waals surface area contributed by atoms with E-state index in [9.17, 15) is 4.79 Å². The summed E-state index contributed by atoms with van der Waals surface area (Å²) in [5.74, 6) is 0.791. The summed E-state index contributed by atoms with van der Waals surface area (Å²) >= 11 is 5.95. The number of tetrazole rings is 1. The summed E-state index contributed by atoms with van der Waals surface area (Å²) in [5.41, 5.74) is 2.08. The Labute approximate surface area is 174 Å². The second-order valence-electron chi connectivity index (χ2n) is 7.02. The van der Waals surface area contributed by atoms with Gasteiger partial charge in [-0.15, -0.1) is 10.2 Å². The van der Waals surface area contributed by atoms with Crippen LogP contribution in [-0.4, -0.2) is 57.2 Å². The number of halogens is 1. The summed E-state index contributed by atoms with van der Waals surface area (Å²) in [7, 11) is 0. The smallest absolute Gasteiger partial charge is 0.222 e. The van der Waals surface area contributed by atoms with Gasteiger partial charge in [-0.1, -0.05) is 41.9 Å². The molecule has 3 aromatic rings. The third-order valence-corrected chi connectivity index (χ3v) is 5.31. The van der Waals surface area contributed by atoms with Gasteiger partial charge in [-0.05, 0) is 35.9 Å². The average molecular weight is 411 g/mol. The van der Waals surface area contributed by atoms with Crippen LogP contribution >= 0.6 is 11.6 Å². The first kappa shape index (κ1) is 19.4. The first-order valence-corrected chi connectivity index (χ1v) is 10.2. The number of aryl methyl sites for hydroxylation is 1. The first-order chi connectivity index (χ1) is 14.2. The zero-order valence-electron chi connectivity index (χ0n) is 16.1. The number of rotatable bonds is 6. The molecular weight excluding hydrogens is 388 g/mol. The second kappa shape index (κ2) is 9.05. The van der Waals surface area contributed by atoms with Crippen LogP contribution in [0.15, 0.2) is 54.6 Å². The van der Waals surface area contributed by atoms with E-state index in [0.717, 1.165) is 42.5 Å². The highest BCUT2D eigenvalue weighted by atomic mass is 35.5. The molecule has 2 aromatic carbocycles. The van der Waals surface area contributed by atoms with Crippen LogP contribution in [0.5, 0.6) is 0 Å². The molecule has 7 nitrogen and oxygen atoms in total. The second-order valence-corrected chi connectivity index (χ2v) is 7.46. The maximum atomic E-state index is 12.5. The fourth-order valence-corrected chi connectivity index (χ4v) is 3.56. The van der Waals surface area contributed by atoms with Gasteiger partial charge in [0, 0.05) is 48.9 Å². The minimum atomic E-state index is 0.184. The number of nitrogens with zero attached hydrogens (tertiary/aromatic N) is 6. The molecule has 0 aliphatic carbocycles. The van der Waals surface area contributed by atoms with E-state index in [1.54, 1.807) is 4.80 Å². The van der Waals surface area contributed by atoms with E-state index in [0.29, 0.717) is 25.2 Å². The van der Waals surface area contributed by atoms with Gasteiger partial charge in [0.1, 0.15) is 0 Å². The van der Waals surface area contributed by atoms with Crippen molar-refractivity contribution >= 4 is 23.2 Å². The van der Waals surface area contributed by atoms with Crippen LogP contribution in [0.4, 0.5) is 5.69 Å². The topological polar surface area (TPSA) is 67.2 Å². The predicted octanol–water partition coefficient (Wildman–Crippen LogP) is 3.12. The van der Waals surface area contributed by atoms with E-state index < -0.39 is 0 Å². The highest BCUT2D eigenvalue weighted by Gasteiger charge is 2.21. The quantitative estimate of drug-likeness (QED) is 0.624. The Morgan fingerprint density at radius 1 is 0.966 bits per heavy atom. The van der Waals surface area contributed by atoms with Crippen LogP contribution in [0, 0.1) is 0 Å². The van der Waals surface area contributed by atoms with Gasteiger partial charge >= 0.3 is 0 Å². The minimum Gasteiger partial charge on any atom is -0.368 e. The lowest BCUT2D eigenvalue weighted by molar-refractivity contribution is -0.131. The highest BCUT2D eigenvalue weighted by Crippen LogP contribution is 2.20. The van der Waals surface area contributed by atoms with E-state index in [1.807, 2.05) is 59.5 Å². The van der Waals surface area contributed by atoms with Crippen LogP contribution in [0.1, 0.15) is 12.8 Å². The van der Waals surface area contributed by atoms with Crippen molar-refractivity contribution in [2.24, 2.45) is 0 Å². The maximum Gasteiger partial charge on any atom is 0.222 e. The van der Waals surface area contributed by atoms with Crippen molar-refractivity contribution < 1.29 is 4.79 Å². The van der Waals surface area contributed by atoms with Gasteiger partial charge in [0.25, 0.3) is 0 Å². The van der Waals surface area contributed by atoms with Crippen LogP contribution in [0.2, 0.25) is 5.02 Å². The molecule has 1 aliphatic rings. The number of hydrogen-bond acceptors (Lipinski definition) is 5. The van der Waals surface area contributed by atoms with Crippen molar-refractivity contribution in [1.82, 2.24) is 25.1 Å². The van der Waals surface area contributed by atoms with Gasteiger partial charge in [-0.25, -0.2) is 0 Å². The summed E-state index contributed by atoms with van der Waals surface area (Å²) in [5, 5.41) is 13.3. The number of piperazine rings is 1. The van der Waals surface area contributed by atoms with Crippen molar-refractivity contribution in [2.45, 2.75) is 19.4 Å². The van der Waals surface area contributed by atoms with E-state index in [1.165, 1.54) is 0 Å². The Hall–Kier alpha value is -2.93. The molecule has 2 heterocycles. The zero-order valence-corrected chi connectivity index (χ0v) is 16.9. The SMILES string of the molecule is O=C(CCCn1nnc(-c2ccccc2)n1)N1CCN(c2ccc(Cl)cc2)CC1. The molecule has 4 rings (SSSR count). The van der Waals surface area contributed by atoms with E-state index in [-0.39, 0.29) is 5.91 Å². The zero-order chi connectivity index (χ0) is 20.1. The van der Waals surface area contributed by atoms with Crippen LogP contribution in [0.25, 0.3) is 11.4 Å². The number of anilines is 1. The fourth-order valence-electron chi connectivity index (χ4n) is 3.44. The van der Waals surface area contributed by atoms with E-state index >= 15 is 0 Å². The van der Waals surface area contributed by atoms with Gasteiger partial charge in [0.05, 0.1) is 6.54 Å². The summed E-state index contributed by atoms with van der Waals surface area (Å²) in [6.45, 7) is 3.72. The Morgan fingerprint density at radius 2 is 1.69 bits per heavy atom. The molecule has 0 spiro atoms. The summed E-state index contributed by atoms with van der Waals surface area (Å²) in [6, 6.07) is 17.6. The largest absolute Gasteiger partial charge is 0.368 e. The Morgan fingerprint density at radius 3 is 2.41 bits per heavy atom. The summed E-state index contributed by atoms with van der Waals surface area (Å²) in [4.78, 5) is 18.3. The molecule has 0 radical (unpaired) electrons. The Bertz CT molecular complexity index is 935. The molecule has 0 N–H and O–H groups in total. The minimum absolute atomic E-state index is 0.184. The van der Waals surface area contributed by atoms with Crippen molar-refractivity contribution in [2.75, 3.05) is 31.1 Å². The maximum absolute atomic E-state index is 12.5. The molecule has 0 bridgehead atoms. The van der Waals surface area contributed by atoms with Crippen molar-refractivity contribution in [3.63, 3.8) is 0 Å². The molecule has 8 heteroatoms. The monoisotopic (exact) mass is 410 g/mol. The van der Waals surface area contributed by atoms with Gasteiger partial charge in [0.2, 0.25) is 11.7 Å². The fraction of sp³-hybridized carbons (Fsp3) is 0.333. The number of amides is 1. The van der Waals surface area contributed by atoms with Crippen LogP contribution in [-0.2, 0) is 11.3 Å². The number of aromatic nitrogens is 4. The molecule has 29 heavy (non-hydrogen) atoms. The number of carbonyl (C=O) groups is 1. The summed E-state index contributed by atoms with van der Waals surface area (Å²) in [6.07, 6.45) is 1.18. The van der Waals surface area contributed by atoms with Gasteiger partial charge in [-0.3, -0.25) is 4.79 Å². The molecule has 1 amide bonds. The van der Waals surface area contributed by atoms with E-state index in [2.05, 4.69) is 20.3 Å². The molecule has 0 atom stereocenters. The third kappa shape index (κ3) is 4.92. The average Bonchev–Trinajstić information content (AvgIpc) is 3.24. The standard InChI is InChI=1S/C21H23ClN6O/c22-18-8-10-19(11-9-18)26-13-15-27(16-14-26)20(29)7-4-12-28-24-21(23-25-28)17-5-2-1-3-6-17/h1-3,5-6,8-11H,4,7,12-16H2. The Kier molecular flexibility index (Phi) is 6.05. The van der Waals surface area contributed by atoms with E-state index in [4.69, 9.17) is 11.6 Å². The number of benzene rings is 2. The van der Waals surface area contributed by atoms with Crippen molar-refractivity contribution in [1.29, 1.82) is 0 Å². The molecule has 1 fully saturated rings. The number of hydrogen-bond donors (Lipinski definition) is 0. The lowest BCUT2D eigenvalue weighted by Crippen LogP contribution is -2.48. The van der Waals surface area contributed by atoms with Gasteiger partial charge in [-0.2, -0.15) is 4.80 Å². The molecule has 1 aromatic heterocycles. The predicted molar refractivity (Wildman–Crippen MR) is 113 cm³/mol. The van der Waals surface area contributed by atoms with Crippen LogP contribution < -0.4 is 4.90 Å². The molecule has 0 saturated carbocycles. The van der Waals surface area contributed by atoms with Crippen molar-refractivity contribution in [3.8, 4) is 11.4 Å². The van der Waals surface area contributed by atoms with Crippen molar-refractivity contribution in [3.05, 3.63) is 59.6 Å². The number of carbonyl (C=O) groups excluding carboxylic acids is 1. The summed E-state index contributed by atoms with van der Waals surface area (Å²) < 4.78 is 0. The first-order valence-electron chi connectivity index (χ1n) is 9.80. The highest BCUT2D eigenvalue weighted by molar-refractivity contribution is 6.30. The lowest BCUT2D eigenvalue weighted by Gasteiger charge is -2.36. The Balaban J connectivity index is 1.22. The lowest BCUT2D eigenvalue weighted by atomic mass is 10.2. The van der Waals surface area contributed by atoms with Gasteiger partial charge in [0.15, 0.2) is 0 Å². The normalized spacial score (nSPS) is 14.2. The molecule has 0 unspecified atom stereocenters. The van der Waals surface area contributed by atoms with Gasteiger partial charge < -0.3 is 9.80 Å². The third-order valence-electron chi connectivity index (χ3n) is 5.06. The molecule has 1 saturated heterocycles. The molecule has 150 valence electrons. The molecule has 1 aliphatic heterocycles.